The van der Waals surface area contributed by atoms with Gasteiger partial charge in [0.05, 0.1) is 6.10 Å². The Hall–Kier alpha value is -0.670. The third-order valence-electron chi connectivity index (χ3n) is 2.02. The monoisotopic (exact) mass is 156 g/mol. The summed E-state index contributed by atoms with van der Waals surface area (Å²) in [5, 5.41) is 18.7. The van der Waals surface area contributed by atoms with Crippen molar-refractivity contribution in [2.75, 3.05) is 0 Å². The minimum Gasteiger partial charge on any atom is -0.389 e. The first kappa shape index (κ1) is 8.43. The highest BCUT2D eigenvalue weighted by Crippen LogP contribution is 2.24. The van der Waals surface area contributed by atoms with Gasteiger partial charge < -0.3 is 10.2 Å². The molecule has 0 aromatic carbocycles. The van der Waals surface area contributed by atoms with E-state index in [1.165, 1.54) is 6.92 Å². The second-order valence-corrected chi connectivity index (χ2v) is 2.99. The van der Waals surface area contributed by atoms with E-state index in [2.05, 4.69) is 0 Å². The van der Waals surface area contributed by atoms with Crippen LogP contribution in [-0.4, -0.2) is 27.7 Å². The Morgan fingerprint density at radius 2 is 2.36 bits per heavy atom. The van der Waals surface area contributed by atoms with E-state index in [0.717, 1.165) is 0 Å². The van der Waals surface area contributed by atoms with Gasteiger partial charge in [-0.1, -0.05) is 12.2 Å². The highest BCUT2D eigenvalue weighted by Gasteiger charge is 2.35. The fourth-order valence-corrected chi connectivity index (χ4v) is 1.20. The first-order valence-corrected chi connectivity index (χ1v) is 3.63. The van der Waals surface area contributed by atoms with Crippen LogP contribution in [0.5, 0.6) is 0 Å². The van der Waals surface area contributed by atoms with Crippen molar-refractivity contribution in [3.8, 4) is 0 Å². The number of aliphatic hydroxyl groups excluding tert-OH is 1. The number of hydrogen-bond donors (Lipinski definition) is 2. The Balaban J connectivity index is 2.75. The third-order valence-corrected chi connectivity index (χ3v) is 2.02. The molecule has 0 radical (unpaired) electrons. The molecule has 0 heterocycles. The highest BCUT2D eigenvalue weighted by atomic mass is 16.3. The van der Waals surface area contributed by atoms with Crippen LogP contribution < -0.4 is 0 Å². The Bertz CT molecular complexity index is 198. The van der Waals surface area contributed by atoms with Crippen LogP contribution in [0.15, 0.2) is 12.2 Å². The van der Waals surface area contributed by atoms with E-state index in [1.807, 2.05) is 0 Å². The van der Waals surface area contributed by atoms with Gasteiger partial charge in [-0.05, 0) is 6.92 Å². The van der Waals surface area contributed by atoms with Crippen molar-refractivity contribution < 1.29 is 15.0 Å². The maximum atomic E-state index is 10.9. The predicted molar refractivity (Wildman–Crippen MR) is 40.0 cm³/mol. The molecule has 0 amide bonds. The third kappa shape index (κ3) is 1.67. The van der Waals surface area contributed by atoms with Crippen molar-refractivity contribution >= 4 is 5.78 Å². The molecule has 0 aliphatic heterocycles. The number of carbonyl (C=O) groups excluding carboxylic acids is 1. The van der Waals surface area contributed by atoms with E-state index >= 15 is 0 Å². The van der Waals surface area contributed by atoms with Crippen molar-refractivity contribution in [2.24, 2.45) is 0 Å². The first-order valence-electron chi connectivity index (χ1n) is 3.63. The van der Waals surface area contributed by atoms with Crippen LogP contribution >= 0.6 is 0 Å². The van der Waals surface area contributed by atoms with Gasteiger partial charge in [-0.3, -0.25) is 4.79 Å². The summed E-state index contributed by atoms with van der Waals surface area (Å²) in [7, 11) is 0. The fourth-order valence-electron chi connectivity index (χ4n) is 1.20. The molecule has 62 valence electrons. The summed E-state index contributed by atoms with van der Waals surface area (Å²) in [6.45, 7) is 1.34. The summed E-state index contributed by atoms with van der Waals surface area (Å²) in [6, 6.07) is 0. The number of rotatable bonds is 1. The predicted octanol–water partition coefficient (Wildman–Crippen LogP) is 0.0174. The molecule has 2 atom stereocenters. The molecule has 1 rings (SSSR count). The average molecular weight is 156 g/mol. The van der Waals surface area contributed by atoms with Crippen LogP contribution in [0.1, 0.15) is 19.8 Å². The summed E-state index contributed by atoms with van der Waals surface area (Å²) in [5.41, 5.74) is -1.33. The number of hydrogen-bond acceptors (Lipinski definition) is 3. The van der Waals surface area contributed by atoms with Gasteiger partial charge in [-0.15, -0.1) is 0 Å². The van der Waals surface area contributed by atoms with Crippen molar-refractivity contribution in [2.45, 2.75) is 31.5 Å². The molecule has 2 unspecified atom stereocenters. The summed E-state index contributed by atoms with van der Waals surface area (Å²) >= 11 is 0. The van der Waals surface area contributed by atoms with E-state index < -0.39 is 11.7 Å². The molecule has 0 spiro atoms. The molecule has 2 N–H and O–H groups in total. The normalized spacial score (nSPS) is 37.2. The Kier molecular flexibility index (Phi) is 2.11. The van der Waals surface area contributed by atoms with Gasteiger partial charge in [0, 0.05) is 12.8 Å². The van der Waals surface area contributed by atoms with Gasteiger partial charge in [0.2, 0.25) is 0 Å². The zero-order chi connectivity index (χ0) is 8.48. The van der Waals surface area contributed by atoms with Crippen molar-refractivity contribution in [3.05, 3.63) is 12.2 Å². The smallest absolute Gasteiger partial charge is 0.161 e. The van der Waals surface area contributed by atoms with Crippen molar-refractivity contribution in [3.63, 3.8) is 0 Å². The minimum absolute atomic E-state index is 0.124. The summed E-state index contributed by atoms with van der Waals surface area (Å²) in [6.07, 6.45) is 2.99. The molecule has 0 fully saturated rings. The van der Waals surface area contributed by atoms with Crippen LogP contribution in [-0.2, 0) is 4.79 Å². The molecular formula is C8H12O3. The van der Waals surface area contributed by atoms with E-state index in [1.54, 1.807) is 12.2 Å². The lowest BCUT2D eigenvalue weighted by Gasteiger charge is -2.28. The molecular weight excluding hydrogens is 144 g/mol. The molecule has 0 saturated heterocycles. The largest absolute Gasteiger partial charge is 0.389 e. The van der Waals surface area contributed by atoms with Crippen LogP contribution in [0.3, 0.4) is 0 Å². The lowest BCUT2D eigenvalue weighted by Crippen LogP contribution is -2.41. The van der Waals surface area contributed by atoms with Gasteiger partial charge in [0.15, 0.2) is 5.78 Å². The molecule has 0 aromatic heterocycles. The average Bonchev–Trinajstić information content (AvgIpc) is 1.86. The molecule has 3 heteroatoms. The first-order chi connectivity index (χ1) is 5.04. The Morgan fingerprint density at radius 1 is 1.73 bits per heavy atom. The van der Waals surface area contributed by atoms with Crippen LogP contribution in [0.2, 0.25) is 0 Å². The molecule has 1 aliphatic carbocycles. The van der Waals surface area contributed by atoms with Gasteiger partial charge >= 0.3 is 0 Å². The molecule has 1 aliphatic rings. The Morgan fingerprint density at radius 3 is 2.73 bits per heavy atom. The Labute approximate surface area is 65.3 Å². The van der Waals surface area contributed by atoms with Gasteiger partial charge in [-0.25, -0.2) is 0 Å². The number of aliphatic hydroxyl groups is 2. The van der Waals surface area contributed by atoms with Gasteiger partial charge in [0.25, 0.3) is 0 Å². The topological polar surface area (TPSA) is 57.5 Å². The molecule has 0 saturated carbocycles. The fraction of sp³-hybridized carbons (Fsp3) is 0.625. The zero-order valence-electron chi connectivity index (χ0n) is 6.45. The van der Waals surface area contributed by atoms with E-state index in [-0.39, 0.29) is 12.2 Å². The maximum Gasteiger partial charge on any atom is 0.161 e. The van der Waals surface area contributed by atoms with Crippen LogP contribution in [0.4, 0.5) is 0 Å². The van der Waals surface area contributed by atoms with Crippen LogP contribution in [0, 0.1) is 0 Å². The quantitative estimate of drug-likeness (QED) is 0.526. The van der Waals surface area contributed by atoms with E-state index in [4.69, 9.17) is 5.11 Å². The van der Waals surface area contributed by atoms with E-state index in [9.17, 15) is 9.90 Å². The summed E-state index contributed by atoms with van der Waals surface area (Å²) in [5.74, 6) is -0.277. The highest BCUT2D eigenvalue weighted by molar-refractivity contribution is 5.85. The molecule has 0 aromatic rings. The van der Waals surface area contributed by atoms with Gasteiger partial charge in [0.1, 0.15) is 5.60 Å². The second-order valence-electron chi connectivity index (χ2n) is 2.99. The lowest BCUT2D eigenvalue weighted by molar-refractivity contribution is -0.137. The second kappa shape index (κ2) is 2.75. The minimum atomic E-state index is -1.33. The number of ketones is 1. The maximum absolute atomic E-state index is 10.9. The van der Waals surface area contributed by atoms with Crippen LogP contribution in [0.25, 0.3) is 0 Å². The summed E-state index contributed by atoms with van der Waals surface area (Å²) in [4.78, 5) is 10.9. The number of Topliss-reactive ketones (excluding diaryl/α,β-unsaturated/α-hetero) is 1. The number of carbonyl (C=O) groups is 1. The van der Waals surface area contributed by atoms with Gasteiger partial charge in [-0.2, -0.15) is 0 Å². The van der Waals surface area contributed by atoms with Crippen molar-refractivity contribution in [1.29, 1.82) is 0 Å². The van der Waals surface area contributed by atoms with E-state index in [0.29, 0.717) is 6.42 Å². The SMILES string of the molecule is CC(=O)C1(O)CC=CC(O)C1. The molecule has 0 bridgehead atoms. The summed E-state index contributed by atoms with van der Waals surface area (Å²) < 4.78 is 0. The zero-order valence-corrected chi connectivity index (χ0v) is 6.45. The lowest BCUT2D eigenvalue weighted by atomic mass is 9.85. The molecule has 11 heavy (non-hydrogen) atoms. The molecule has 3 nitrogen and oxygen atoms in total. The standard InChI is InChI=1S/C8H12O3/c1-6(9)8(11)4-2-3-7(10)5-8/h2-3,7,10-11H,4-5H2,1H3. The van der Waals surface area contributed by atoms with Crippen molar-refractivity contribution in [1.82, 2.24) is 0 Å².